The summed E-state index contributed by atoms with van der Waals surface area (Å²) in [5.41, 5.74) is 5.80. The quantitative estimate of drug-likeness (QED) is 0.620. The molecular formula is C18H33Cl2N3O3. The molecule has 26 heavy (non-hydrogen) atoms. The highest BCUT2D eigenvalue weighted by atomic mass is 35.5. The fraction of sp³-hybridized carbons (Fsp3) is 0.611. The van der Waals surface area contributed by atoms with E-state index in [0.717, 1.165) is 25.2 Å². The molecule has 0 spiro atoms. The molecule has 152 valence electrons. The predicted octanol–water partition coefficient (Wildman–Crippen LogP) is 2.61. The van der Waals surface area contributed by atoms with Crippen molar-refractivity contribution in [2.75, 3.05) is 33.4 Å². The van der Waals surface area contributed by atoms with Crippen LogP contribution in [0.5, 0.6) is 11.5 Å². The van der Waals surface area contributed by atoms with Crippen molar-refractivity contribution in [1.29, 1.82) is 0 Å². The summed E-state index contributed by atoms with van der Waals surface area (Å²) in [5.74, 6) is 1.17. The van der Waals surface area contributed by atoms with Crippen LogP contribution >= 0.6 is 24.8 Å². The summed E-state index contributed by atoms with van der Waals surface area (Å²) in [5, 5.41) is 2.82. The van der Waals surface area contributed by atoms with Crippen LogP contribution in [0.15, 0.2) is 18.2 Å². The molecule has 0 saturated carbocycles. The highest BCUT2D eigenvalue weighted by molar-refractivity contribution is 5.86. The lowest BCUT2D eigenvalue weighted by Crippen LogP contribution is -2.48. The maximum atomic E-state index is 11.8. The van der Waals surface area contributed by atoms with Crippen molar-refractivity contribution in [2.45, 2.75) is 39.8 Å². The minimum absolute atomic E-state index is 0. The van der Waals surface area contributed by atoms with Gasteiger partial charge in [-0.1, -0.05) is 19.9 Å². The molecular weight excluding hydrogens is 377 g/mol. The van der Waals surface area contributed by atoms with E-state index in [9.17, 15) is 4.79 Å². The Bertz CT molecular complexity index is 533. The van der Waals surface area contributed by atoms with Gasteiger partial charge in [-0.2, -0.15) is 0 Å². The molecule has 1 aromatic carbocycles. The van der Waals surface area contributed by atoms with E-state index < -0.39 is 5.54 Å². The minimum atomic E-state index is -0.891. The standard InChI is InChI=1S/C18H31N3O3.2ClH/c1-6-21(7-2)10-11-24-15-9-8-14(12-16(15)23-5)13-20-17(22)18(3,4)19;;/h8-9,12H,6-7,10-11,13,19H2,1-5H3,(H,20,22);2*1H. The van der Waals surface area contributed by atoms with Gasteiger partial charge in [0, 0.05) is 13.1 Å². The molecule has 0 aliphatic heterocycles. The Labute approximate surface area is 169 Å². The van der Waals surface area contributed by atoms with Crippen LogP contribution in [-0.4, -0.2) is 49.7 Å². The van der Waals surface area contributed by atoms with Gasteiger partial charge in [-0.25, -0.2) is 0 Å². The number of hydrogen-bond acceptors (Lipinski definition) is 5. The lowest BCUT2D eigenvalue weighted by molar-refractivity contribution is -0.125. The molecule has 0 fully saturated rings. The number of carbonyl (C=O) groups is 1. The Morgan fingerprint density at radius 3 is 2.31 bits per heavy atom. The smallest absolute Gasteiger partial charge is 0.239 e. The van der Waals surface area contributed by atoms with Crippen molar-refractivity contribution < 1.29 is 14.3 Å². The van der Waals surface area contributed by atoms with Gasteiger partial charge < -0.3 is 25.4 Å². The number of likely N-dealkylation sites (N-methyl/N-ethyl adjacent to an activating group) is 1. The summed E-state index contributed by atoms with van der Waals surface area (Å²) in [6, 6.07) is 5.66. The van der Waals surface area contributed by atoms with E-state index in [-0.39, 0.29) is 30.7 Å². The number of nitrogens with two attached hydrogens (primary N) is 1. The second kappa shape index (κ2) is 13.0. The predicted molar refractivity (Wildman–Crippen MR) is 111 cm³/mol. The van der Waals surface area contributed by atoms with Crippen molar-refractivity contribution in [3.8, 4) is 11.5 Å². The highest BCUT2D eigenvalue weighted by Gasteiger charge is 2.21. The largest absolute Gasteiger partial charge is 0.493 e. The number of amides is 1. The summed E-state index contributed by atoms with van der Waals surface area (Å²) in [7, 11) is 1.61. The number of ether oxygens (including phenoxy) is 2. The molecule has 0 saturated heterocycles. The SMILES string of the molecule is CCN(CC)CCOc1ccc(CNC(=O)C(C)(C)N)cc1OC.Cl.Cl. The number of nitrogens with zero attached hydrogens (tertiary/aromatic N) is 1. The summed E-state index contributed by atoms with van der Waals surface area (Å²) in [6.07, 6.45) is 0. The van der Waals surface area contributed by atoms with E-state index >= 15 is 0 Å². The molecule has 8 heteroatoms. The Hall–Kier alpha value is -1.21. The fourth-order valence-corrected chi connectivity index (χ4v) is 2.18. The maximum Gasteiger partial charge on any atom is 0.239 e. The third-order valence-corrected chi connectivity index (χ3v) is 3.83. The number of benzene rings is 1. The van der Waals surface area contributed by atoms with E-state index in [4.69, 9.17) is 15.2 Å². The van der Waals surface area contributed by atoms with Crippen molar-refractivity contribution in [3.05, 3.63) is 23.8 Å². The lowest BCUT2D eigenvalue weighted by atomic mass is 10.1. The van der Waals surface area contributed by atoms with Gasteiger partial charge in [0.2, 0.25) is 5.91 Å². The van der Waals surface area contributed by atoms with Crippen molar-refractivity contribution in [2.24, 2.45) is 5.73 Å². The van der Waals surface area contributed by atoms with Crippen LogP contribution in [0.4, 0.5) is 0 Å². The molecule has 0 aromatic heterocycles. The average molecular weight is 410 g/mol. The van der Waals surface area contributed by atoms with Gasteiger partial charge >= 0.3 is 0 Å². The van der Waals surface area contributed by atoms with E-state index in [1.807, 2.05) is 18.2 Å². The van der Waals surface area contributed by atoms with Crippen LogP contribution in [0.25, 0.3) is 0 Å². The molecule has 0 radical (unpaired) electrons. The molecule has 1 rings (SSSR count). The first-order chi connectivity index (χ1) is 11.3. The van der Waals surface area contributed by atoms with E-state index in [1.54, 1.807) is 21.0 Å². The van der Waals surface area contributed by atoms with Crippen LogP contribution in [0.2, 0.25) is 0 Å². The average Bonchev–Trinajstić information content (AvgIpc) is 2.56. The van der Waals surface area contributed by atoms with Gasteiger partial charge in [0.15, 0.2) is 11.5 Å². The summed E-state index contributed by atoms with van der Waals surface area (Å²) >= 11 is 0. The Kier molecular flexibility index (Phi) is 13.5. The second-order valence-electron chi connectivity index (χ2n) is 6.26. The minimum Gasteiger partial charge on any atom is -0.493 e. The monoisotopic (exact) mass is 409 g/mol. The first-order valence-electron chi connectivity index (χ1n) is 8.41. The third-order valence-electron chi connectivity index (χ3n) is 3.83. The molecule has 6 nitrogen and oxygen atoms in total. The van der Waals surface area contributed by atoms with E-state index in [1.165, 1.54) is 0 Å². The second-order valence-corrected chi connectivity index (χ2v) is 6.26. The summed E-state index contributed by atoms with van der Waals surface area (Å²) < 4.78 is 11.2. The zero-order chi connectivity index (χ0) is 18.2. The van der Waals surface area contributed by atoms with E-state index in [2.05, 4.69) is 24.1 Å². The molecule has 0 unspecified atom stereocenters. The van der Waals surface area contributed by atoms with Gasteiger partial charge in [-0.15, -0.1) is 24.8 Å². The van der Waals surface area contributed by atoms with Crippen molar-refractivity contribution in [3.63, 3.8) is 0 Å². The topological polar surface area (TPSA) is 76.8 Å². The lowest BCUT2D eigenvalue weighted by Gasteiger charge is -2.19. The Morgan fingerprint density at radius 1 is 1.19 bits per heavy atom. The van der Waals surface area contributed by atoms with Crippen LogP contribution in [0.3, 0.4) is 0 Å². The maximum absolute atomic E-state index is 11.8. The van der Waals surface area contributed by atoms with Gasteiger partial charge in [0.25, 0.3) is 0 Å². The normalized spacial score (nSPS) is 10.6. The molecule has 1 amide bonds. The Morgan fingerprint density at radius 2 is 1.81 bits per heavy atom. The highest BCUT2D eigenvalue weighted by Crippen LogP contribution is 2.28. The molecule has 0 atom stereocenters. The molecule has 0 bridgehead atoms. The fourth-order valence-electron chi connectivity index (χ4n) is 2.18. The van der Waals surface area contributed by atoms with Crippen LogP contribution in [0, 0.1) is 0 Å². The Balaban J connectivity index is 0. The first-order valence-corrected chi connectivity index (χ1v) is 8.41. The van der Waals surface area contributed by atoms with Crippen LogP contribution in [0.1, 0.15) is 33.3 Å². The number of nitrogens with one attached hydrogen (secondary N) is 1. The summed E-state index contributed by atoms with van der Waals surface area (Å²) in [4.78, 5) is 14.1. The van der Waals surface area contributed by atoms with E-state index in [0.29, 0.717) is 24.7 Å². The van der Waals surface area contributed by atoms with Crippen LogP contribution in [-0.2, 0) is 11.3 Å². The number of halogens is 2. The molecule has 1 aromatic rings. The molecule has 0 heterocycles. The number of methoxy groups -OCH3 is 1. The molecule has 0 aliphatic carbocycles. The van der Waals surface area contributed by atoms with Gasteiger partial charge in [0.05, 0.1) is 12.6 Å². The molecule has 0 aliphatic rings. The number of hydrogen-bond donors (Lipinski definition) is 2. The number of rotatable bonds is 10. The molecule has 3 N–H and O–H groups in total. The first kappa shape index (κ1) is 27.0. The zero-order valence-corrected chi connectivity index (χ0v) is 18.0. The van der Waals surface area contributed by atoms with Crippen molar-refractivity contribution >= 4 is 30.7 Å². The number of carbonyl (C=O) groups excluding carboxylic acids is 1. The zero-order valence-electron chi connectivity index (χ0n) is 16.3. The van der Waals surface area contributed by atoms with Crippen molar-refractivity contribution in [1.82, 2.24) is 10.2 Å². The van der Waals surface area contributed by atoms with Gasteiger partial charge in [-0.3, -0.25) is 4.79 Å². The summed E-state index contributed by atoms with van der Waals surface area (Å²) in [6.45, 7) is 11.5. The van der Waals surface area contributed by atoms with Gasteiger partial charge in [0.1, 0.15) is 6.61 Å². The third kappa shape index (κ3) is 8.94. The van der Waals surface area contributed by atoms with Crippen LogP contribution < -0.4 is 20.5 Å². The van der Waals surface area contributed by atoms with Gasteiger partial charge in [-0.05, 0) is 44.6 Å².